The topological polar surface area (TPSA) is 21.3 Å². The Hall–Kier alpha value is -0.0800. The van der Waals surface area contributed by atoms with E-state index in [2.05, 4.69) is 12.2 Å². The van der Waals surface area contributed by atoms with Gasteiger partial charge in [0.1, 0.15) is 0 Å². The number of ether oxygens (including phenoxy) is 1. The lowest BCUT2D eigenvalue weighted by molar-refractivity contribution is 0.104. The van der Waals surface area contributed by atoms with Crippen molar-refractivity contribution in [2.24, 2.45) is 11.8 Å². The van der Waals surface area contributed by atoms with Crippen molar-refractivity contribution in [1.29, 1.82) is 0 Å². The van der Waals surface area contributed by atoms with E-state index >= 15 is 0 Å². The third-order valence-corrected chi connectivity index (χ3v) is 3.35. The highest BCUT2D eigenvalue weighted by atomic mass is 16.5. The van der Waals surface area contributed by atoms with Crippen molar-refractivity contribution < 1.29 is 4.74 Å². The third kappa shape index (κ3) is 3.97. The first-order valence-corrected chi connectivity index (χ1v) is 6.08. The van der Waals surface area contributed by atoms with Gasteiger partial charge in [0.15, 0.2) is 0 Å². The van der Waals surface area contributed by atoms with Crippen molar-refractivity contribution in [2.75, 3.05) is 26.8 Å². The summed E-state index contributed by atoms with van der Waals surface area (Å²) in [5.74, 6) is 1.64. The first-order valence-electron chi connectivity index (χ1n) is 6.08. The Kier molecular flexibility index (Phi) is 6.20. The molecule has 1 saturated carbocycles. The molecule has 1 N–H and O–H groups in total. The summed E-state index contributed by atoms with van der Waals surface area (Å²) in [7, 11) is 1.82. The quantitative estimate of drug-likeness (QED) is 0.709. The third-order valence-electron chi connectivity index (χ3n) is 3.35. The lowest BCUT2D eigenvalue weighted by atomic mass is 9.80. The van der Waals surface area contributed by atoms with E-state index in [0.717, 1.165) is 31.5 Å². The lowest BCUT2D eigenvalue weighted by Gasteiger charge is -2.30. The molecule has 1 aliphatic carbocycles. The molecule has 2 heteroatoms. The van der Waals surface area contributed by atoms with E-state index in [1.54, 1.807) is 0 Å². The molecular formula is C12H25NO. The molecule has 0 spiro atoms. The first kappa shape index (κ1) is 12.0. The van der Waals surface area contributed by atoms with Crippen LogP contribution >= 0.6 is 0 Å². The van der Waals surface area contributed by atoms with Gasteiger partial charge in [0.25, 0.3) is 0 Å². The fourth-order valence-corrected chi connectivity index (χ4v) is 2.51. The van der Waals surface area contributed by atoms with E-state index in [-0.39, 0.29) is 0 Å². The zero-order valence-electron chi connectivity index (χ0n) is 9.72. The Labute approximate surface area is 88.4 Å². The standard InChI is InChI=1S/C12H25NO/c1-3-13-9-12(10-14-2)11-7-5-4-6-8-11/h11-13H,3-10H2,1-2H3. The summed E-state index contributed by atoms with van der Waals surface area (Å²) in [6.07, 6.45) is 7.13. The van der Waals surface area contributed by atoms with Crippen LogP contribution < -0.4 is 5.32 Å². The molecule has 0 radical (unpaired) electrons. The van der Waals surface area contributed by atoms with Gasteiger partial charge in [-0.2, -0.15) is 0 Å². The fourth-order valence-electron chi connectivity index (χ4n) is 2.51. The van der Waals surface area contributed by atoms with Gasteiger partial charge in [-0.25, -0.2) is 0 Å². The summed E-state index contributed by atoms with van der Waals surface area (Å²) in [6.45, 7) is 5.31. The van der Waals surface area contributed by atoms with Crippen LogP contribution in [0.25, 0.3) is 0 Å². The van der Waals surface area contributed by atoms with Crippen molar-refractivity contribution in [2.45, 2.75) is 39.0 Å². The predicted molar refractivity (Wildman–Crippen MR) is 60.5 cm³/mol. The van der Waals surface area contributed by atoms with Gasteiger partial charge in [-0.1, -0.05) is 39.0 Å². The smallest absolute Gasteiger partial charge is 0.0505 e. The molecule has 0 aromatic rings. The minimum Gasteiger partial charge on any atom is -0.384 e. The van der Waals surface area contributed by atoms with Crippen LogP contribution in [0.2, 0.25) is 0 Å². The maximum atomic E-state index is 5.31. The van der Waals surface area contributed by atoms with Crippen molar-refractivity contribution in [3.05, 3.63) is 0 Å². The minimum atomic E-state index is 0.736. The van der Waals surface area contributed by atoms with Crippen LogP contribution in [-0.4, -0.2) is 26.8 Å². The van der Waals surface area contributed by atoms with Gasteiger partial charge in [0, 0.05) is 13.7 Å². The van der Waals surface area contributed by atoms with Crippen molar-refractivity contribution >= 4 is 0 Å². The van der Waals surface area contributed by atoms with Crippen LogP contribution in [0.1, 0.15) is 39.0 Å². The molecule has 0 bridgehead atoms. The molecule has 1 fully saturated rings. The Morgan fingerprint density at radius 2 is 2.00 bits per heavy atom. The first-order chi connectivity index (χ1) is 6.88. The van der Waals surface area contributed by atoms with Crippen LogP contribution in [0.3, 0.4) is 0 Å². The molecule has 0 amide bonds. The largest absolute Gasteiger partial charge is 0.384 e. The van der Waals surface area contributed by atoms with Gasteiger partial charge < -0.3 is 10.1 Å². The molecule has 1 rings (SSSR count). The van der Waals surface area contributed by atoms with Crippen molar-refractivity contribution in [3.8, 4) is 0 Å². The number of hydrogen-bond donors (Lipinski definition) is 1. The Morgan fingerprint density at radius 3 is 2.57 bits per heavy atom. The van der Waals surface area contributed by atoms with Gasteiger partial charge >= 0.3 is 0 Å². The summed E-state index contributed by atoms with van der Waals surface area (Å²) in [5.41, 5.74) is 0. The molecule has 0 heterocycles. The molecular weight excluding hydrogens is 174 g/mol. The van der Waals surface area contributed by atoms with Gasteiger partial charge in [-0.3, -0.25) is 0 Å². The van der Waals surface area contributed by atoms with E-state index in [1.165, 1.54) is 32.1 Å². The van der Waals surface area contributed by atoms with Crippen LogP contribution in [0.15, 0.2) is 0 Å². The SMILES string of the molecule is CCNCC(COC)C1CCCCC1. The second-order valence-electron chi connectivity index (χ2n) is 4.42. The molecule has 1 unspecified atom stereocenters. The number of rotatable bonds is 6. The Morgan fingerprint density at radius 1 is 1.29 bits per heavy atom. The Balaban J connectivity index is 2.30. The van der Waals surface area contributed by atoms with Crippen LogP contribution in [0, 0.1) is 11.8 Å². The maximum absolute atomic E-state index is 5.31. The molecule has 0 aliphatic heterocycles. The summed E-state index contributed by atoms with van der Waals surface area (Å²) in [6, 6.07) is 0. The molecule has 0 aromatic heterocycles. The average Bonchev–Trinajstić information content (AvgIpc) is 2.25. The van der Waals surface area contributed by atoms with E-state index in [1.807, 2.05) is 7.11 Å². The summed E-state index contributed by atoms with van der Waals surface area (Å²) >= 11 is 0. The summed E-state index contributed by atoms with van der Waals surface area (Å²) in [4.78, 5) is 0. The molecule has 14 heavy (non-hydrogen) atoms. The lowest BCUT2D eigenvalue weighted by Crippen LogP contribution is -2.32. The average molecular weight is 199 g/mol. The molecule has 84 valence electrons. The molecule has 1 aliphatic rings. The van der Waals surface area contributed by atoms with E-state index in [4.69, 9.17) is 4.74 Å². The van der Waals surface area contributed by atoms with Gasteiger partial charge in [0.2, 0.25) is 0 Å². The highest BCUT2D eigenvalue weighted by Gasteiger charge is 2.22. The second kappa shape index (κ2) is 7.24. The zero-order chi connectivity index (χ0) is 10.2. The second-order valence-corrected chi connectivity index (χ2v) is 4.42. The molecule has 0 aromatic carbocycles. The fraction of sp³-hybridized carbons (Fsp3) is 1.00. The number of hydrogen-bond acceptors (Lipinski definition) is 2. The van der Waals surface area contributed by atoms with Crippen LogP contribution in [-0.2, 0) is 4.74 Å². The van der Waals surface area contributed by atoms with Gasteiger partial charge in [0.05, 0.1) is 6.61 Å². The van der Waals surface area contributed by atoms with E-state index in [0.29, 0.717) is 0 Å². The normalized spacial score (nSPS) is 21.0. The monoisotopic (exact) mass is 199 g/mol. The van der Waals surface area contributed by atoms with Gasteiger partial charge in [-0.05, 0) is 18.4 Å². The molecule has 2 nitrogen and oxygen atoms in total. The summed E-state index contributed by atoms with van der Waals surface area (Å²) < 4.78 is 5.31. The maximum Gasteiger partial charge on any atom is 0.0505 e. The van der Waals surface area contributed by atoms with E-state index in [9.17, 15) is 0 Å². The Bertz CT molecular complexity index is 132. The highest BCUT2D eigenvalue weighted by Crippen LogP contribution is 2.29. The minimum absolute atomic E-state index is 0.736. The molecule has 1 atom stereocenters. The highest BCUT2D eigenvalue weighted by molar-refractivity contribution is 4.75. The van der Waals surface area contributed by atoms with E-state index < -0.39 is 0 Å². The molecule has 0 saturated heterocycles. The number of methoxy groups -OCH3 is 1. The van der Waals surface area contributed by atoms with Crippen molar-refractivity contribution in [1.82, 2.24) is 5.32 Å². The zero-order valence-corrected chi connectivity index (χ0v) is 9.72. The summed E-state index contributed by atoms with van der Waals surface area (Å²) in [5, 5.41) is 3.45. The van der Waals surface area contributed by atoms with Crippen molar-refractivity contribution in [3.63, 3.8) is 0 Å². The van der Waals surface area contributed by atoms with Gasteiger partial charge in [-0.15, -0.1) is 0 Å². The van der Waals surface area contributed by atoms with Crippen LogP contribution in [0.5, 0.6) is 0 Å². The van der Waals surface area contributed by atoms with Crippen LogP contribution in [0.4, 0.5) is 0 Å². The predicted octanol–water partition coefficient (Wildman–Crippen LogP) is 2.44. The number of nitrogens with one attached hydrogen (secondary N) is 1.